The van der Waals surface area contributed by atoms with Gasteiger partial charge in [-0.25, -0.2) is 22.5 Å². The van der Waals surface area contributed by atoms with E-state index in [0.29, 0.717) is 24.8 Å². The highest BCUT2D eigenvalue weighted by molar-refractivity contribution is 7.90. The third kappa shape index (κ3) is 5.25. The van der Waals surface area contributed by atoms with E-state index in [1.807, 2.05) is 11.6 Å². The molecule has 1 unspecified atom stereocenters. The van der Waals surface area contributed by atoms with Gasteiger partial charge >= 0.3 is 0 Å². The lowest BCUT2D eigenvalue weighted by atomic mass is 9.94. The van der Waals surface area contributed by atoms with Crippen molar-refractivity contribution in [3.05, 3.63) is 29.3 Å². The largest absolute Gasteiger partial charge is 0.380 e. The number of hydrogen-bond acceptors (Lipinski definition) is 5. The van der Waals surface area contributed by atoms with Gasteiger partial charge in [0.25, 0.3) is 5.91 Å². The van der Waals surface area contributed by atoms with Gasteiger partial charge in [-0.1, -0.05) is 33.1 Å². The second-order valence-electron chi connectivity index (χ2n) is 7.18. The molecule has 0 aromatic carbocycles. The third-order valence-corrected chi connectivity index (χ3v) is 7.04. The fourth-order valence-electron chi connectivity index (χ4n) is 3.62. The number of sulfonamides is 1. The van der Waals surface area contributed by atoms with Crippen molar-refractivity contribution in [3.63, 3.8) is 0 Å². The van der Waals surface area contributed by atoms with Crippen LogP contribution in [0.2, 0.25) is 0 Å². The maximum atomic E-state index is 14.8. The van der Waals surface area contributed by atoms with Crippen molar-refractivity contribution in [2.75, 3.05) is 7.11 Å². The summed E-state index contributed by atoms with van der Waals surface area (Å²) < 4.78 is 47.1. The number of hydrogen-bond donors (Lipinski definition) is 1. The lowest BCUT2D eigenvalue weighted by Crippen LogP contribution is -2.42. The number of methoxy groups -OCH3 is 1. The second-order valence-corrected chi connectivity index (χ2v) is 9.08. The van der Waals surface area contributed by atoms with Crippen LogP contribution in [0.4, 0.5) is 4.39 Å². The Kier molecular flexibility index (Phi) is 7.73. The van der Waals surface area contributed by atoms with Crippen molar-refractivity contribution in [2.24, 2.45) is 0 Å². The molecule has 152 valence electrons. The predicted octanol–water partition coefficient (Wildman–Crippen LogP) is 3.53. The van der Waals surface area contributed by atoms with Gasteiger partial charge in [0, 0.05) is 13.3 Å². The second kappa shape index (κ2) is 9.59. The van der Waals surface area contributed by atoms with Crippen molar-refractivity contribution in [1.82, 2.24) is 9.71 Å². The molecule has 2 rings (SSSR count). The number of aromatic nitrogens is 1. The van der Waals surface area contributed by atoms with Crippen LogP contribution in [-0.4, -0.2) is 37.8 Å². The molecule has 1 amide bonds. The molecular weight excluding hydrogens is 371 g/mol. The van der Waals surface area contributed by atoms with Crippen LogP contribution in [0.1, 0.15) is 80.8 Å². The Bertz CT molecular complexity index is 754. The molecule has 8 heteroatoms. The quantitative estimate of drug-likeness (QED) is 0.641. The van der Waals surface area contributed by atoms with E-state index in [4.69, 9.17) is 4.74 Å². The van der Waals surface area contributed by atoms with E-state index in [2.05, 4.69) is 11.9 Å². The number of rotatable bonds is 9. The zero-order valence-corrected chi connectivity index (χ0v) is 17.0. The Hall–Kier alpha value is -1.54. The molecule has 3 atom stereocenters. The van der Waals surface area contributed by atoms with Crippen LogP contribution >= 0.6 is 0 Å². The summed E-state index contributed by atoms with van der Waals surface area (Å²) in [5.41, 5.74) is -0.0929. The average Bonchev–Trinajstić information content (AvgIpc) is 3.11. The Morgan fingerprint density at radius 3 is 2.81 bits per heavy atom. The summed E-state index contributed by atoms with van der Waals surface area (Å²) in [6, 6.07) is 1.55. The minimum Gasteiger partial charge on any atom is -0.380 e. The Balaban J connectivity index is 2.15. The summed E-state index contributed by atoms with van der Waals surface area (Å²) in [6.45, 7) is 3.99. The van der Waals surface area contributed by atoms with E-state index < -0.39 is 38.8 Å². The van der Waals surface area contributed by atoms with Gasteiger partial charge in [0.15, 0.2) is 11.5 Å². The molecule has 1 aliphatic carbocycles. The maximum absolute atomic E-state index is 14.8. The molecule has 1 aromatic heterocycles. The first-order valence-electron chi connectivity index (χ1n) is 9.55. The molecule has 0 saturated heterocycles. The molecule has 0 aliphatic heterocycles. The number of carbonyl (C=O) groups excluding carboxylic acids is 1. The van der Waals surface area contributed by atoms with Crippen LogP contribution in [0.3, 0.4) is 0 Å². The molecular formula is C19H29FN2O4S. The minimum atomic E-state index is -3.97. The predicted molar refractivity (Wildman–Crippen MR) is 102 cm³/mol. The van der Waals surface area contributed by atoms with E-state index in [1.165, 1.54) is 13.3 Å². The van der Waals surface area contributed by atoms with Crippen molar-refractivity contribution >= 4 is 15.9 Å². The Morgan fingerprint density at radius 1 is 1.41 bits per heavy atom. The summed E-state index contributed by atoms with van der Waals surface area (Å²) in [5.74, 6) is -1.85. The highest BCUT2D eigenvalue weighted by atomic mass is 32.2. The molecule has 1 fully saturated rings. The van der Waals surface area contributed by atoms with Crippen molar-refractivity contribution < 1.29 is 22.3 Å². The summed E-state index contributed by atoms with van der Waals surface area (Å²) in [7, 11) is -2.52. The van der Waals surface area contributed by atoms with E-state index in [9.17, 15) is 17.6 Å². The molecule has 0 bridgehead atoms. The van der Waals surface area contributed by atoms with Gasteiger partial charge in [0.2, 0.25) is 10.0 Å². The zero-order chi connectivity index (χ0) is 20.0. The molecule has 27 heavy (non-hydrogen) atoms. The summed E-state index contributed by atoms with van der Waals surface area (Å²) in [5, 5.41) is -0.814. The number of nitrogens with one attached hydrogen (secondary N) is 1. The molecule has 1 N–H and O–H groups in total. The van der Waals surface area contributed by atoms with Crippen LogP contribution < -0.4 is 4.72 Å². The zero-order valence-electron chi connectivity index (χ0n) is 16.2. The monoisotopic (exact) mass is 400 g/mol. The minimum absolute atomic E-state index is 0.0737. The van der Waals surface area contributed by atoms with Crippen molar-refractivity contribution in [1.29, 1.82) is 0 Å². The van der Waals surface area contributed by atoms with E-state index >= 15 is 0 Å². The molecule has 1 heterocycles. The normalized spacial score (nSPS) is 21.2. The third-order valence-electron chi connectivity index (χ3n) is 5.23. The molecule has 1 aromatic rings. The fourth-order valence-corrected chi connectivity index (χ4v) is 5.25. The van der Waals surface area contributed by atoms with Gasteiger partial charge in [0.1, 0.15) is 5.25 Å². The number of pyridine rings is 1. The highest BCUT2D eigenvalue weighted by Crippen LogP contribution is 2.28. The van der Waals surface area contributed by atoms with Crippen LogP contribution in [0, 0.1) is 5.82 Å². The van der Waals surface area contributed by atoms with Gasteiger partial charge in [-0.15, -0.1) is 0 Å². The van der Waals surface area contributed by atoms with Gasteiger partial charge in [-0.3, -0.25) is 4.79 Å². The summed E-state index contributed by atoms with van der Waals surface area (Å²) in [6.07, 6.45) is 6.52. The molecule has 0 radical (unpaired) electrons. The van der Waals surface area contributed by atoms with Crippen LogP contribution in [0.25, 0.3) is 0 Å². The first-order valence-corrected chi connectivity index (χ1v) is 11.1. The first kappa shape index (κ1) is 21.8. The van der Waals surface area contributed by atoms with Crippen LogP contribution in [0.5, 0.6) is 0 Å². The number of carbonyl (C=O) groups is 1. The molecule has 0 spiro atoms. The Labute approximate surface area is 161 Å². The SMILES string of the molecule is CCCCCC(C)c1ccnc(C(=O)NS(=O)(=O)[C@@H]2CCC[C@H]2OC)c1F. The van der Waals surface area contributed by atoms with Gasteiger partial charge in [-0.05, 0) is 43.2 Å². The first-order chi connectivity index (χ1) is 12.8. The van der Waals surface area contributed by atoms with E-state index in [0.717, 1.165) is 25.7 Å². The molecule has 1 aliphatic rings. The lowest BCUT2D eigenvalue weighted by molar-refractivity contribution is 0.0965. The number of unbranched alkanes of at least 4 members (excludes halogenated alkanes) is 2. The van der Waals surface area contributed by atoms with Crippen LogP contribution in [0.15, 0.2) is 12.3 Å². The highest BCUT2D eigenvalue weighted by Gasteiger charge is 2.39. The summed E-state index contributed by atoms with van der Waals surface area (Å²) in [4.78, 5) is 16.2. The topological polar surface area (TPSA) is 85.4 Å². The van der Waals surface area contributed by atoms with Crippen molar-refractivity contribution in [3.8, 4) is 0 Å². The lowest BCUT2D eigenvalue weighted by Gasteiger charge is -2.19. The number of nitrogens with zero attached hydrogens (tertiary/aromatic N) is 1. The van der Waals surface area contributed by atoms with Crippen LogP contribution in [-0.2, 0) is 14.8 Å². The molecule has 1 saturated carbocycles. The van der Waals surface area contributed by atoms with Gasteiger partial charge < -0.3 is 4.74 Å². The van der Waals surface area contributed by atoms with Gasteiger partial charge in [-0.2, -0.15) is 0 Å². The average molecular weight is 401 g/mol. The number of halogens is 1. The Morgan fingerprint density at radius 2 is 2.15 bits per heavy atom. The number of ether oxygens (including phenoxy) is 1. The standard InChI is InChI=1S/C19H29FN2O4S/c1-4-5-6-8-13(2)14-11-12-21-18(17(14)20)19(23)22-27(24,25)16-10-7-9-15(16)26-3/h11-13,15-16H,4-10H2,1-3H3,(H,22,23)/t13?,15-,16-/m1/s1. The number of amides is 1. The smallest absolute Gasteiger partial charge is 0.286 e. The summed E-state index contributed by atoms with van der Waals surface area (Å²) >= 11 is 0. The molecule has 6 nitrogen and oxygen atoms in total. The fraction of sp³-hybridized carbons (Fsp3) is 0.684. The van der Waals surface area contributed by atoms with E-state index in [1.54, 1.807) is 6.07 Å². The van der Waals surface area contributed by atoms with E-state index in [-0.39, 0.29) is 5.92 Å². The van der Waals surface area contributed by atoms with Gasteiger partial charge in [0.05, 0.1) is 6.10 Å². The maximum Gasteiger partial charge on any atom is 0.286 e. The van der Waals surface area contributed by atoms with Crippen molar-refractivity contribution in [2.45, 2.75) is 76.1 Å².